The largest absolute Gasteiger partial charge is 0.329 e. The summed E-state index contributed by atoms with van der Waals surface area (Å²) < 4.78 is 0. The number of anilines is 1. The van der Waals surface area contributed by atoms with E-state index in [2.05, 4.69) is 18.7 Å². The Hall–Kier alpha value is -1.39. The van der Waals surface area contributed by atoms with Gasteiger partial charge in [-0.15, -0.1) is 0 Å². The molecule has 0 aromatic heterocycles. The molecule has 19 heavy (non-hydrogen) atoms. The van der Waals surface area contributed by atoms with Crippen LogP contribution in [0.3, 0.4) is 0 Å². The van der Waals surface area contributed by atoms with Gasteiger partial charge in [0.1, 0.15) is 0 Å². The van der Waals surface area contributed by atoms with Gasteiger partial charge in [0.25, 0.3) is 0 Å². The van der Waals surface area contributed by atoms with E-state index in [0.29, 0.717) is 13.1 Å². The van der Waals surface area contributed by atoms with Crippen LogP contribution in [0.1, 0.15) is 19.4 Å². The number of nitrogens with two attached hydrogens (primary N) is 1. The minimum atomic E-state index is -0.118. The average molecular weight is 261 g/mol. The van der Waals surface area contributed by atoms with Crippen molar-refractivity contribution in [3.8, 4) is 0 Å². The molecule has 4 nitrogen and oxygen atoms in total. The topological polar surface area (TPSA) is 49.6 Å². The third kappa shape index (κ3) is 2.80. The smallest absolute Gasteiger partial charge is 0.241 e. The number of hydrogen-bond acceptors (Lipinski definition) is 3. The normalized spacial score (nSPS) is 17.9. The minimum absolute atomic E-state index is 0.118. The minimum Gasteiger partial charge on any atom is -0.329 e. The maximum Gasteiger partial charge on any atom is 0.241 e. The number of rotatable bonds is 3. The number of para-hydroxylation sites is 1. The molecule has 2 N–H and O–H groups in total. The first kappa shape index (κ1) is 14.0. The molecule has 0 aliphatic carbocycles. The summed E-state index contributed by atoms with van der Waals surface area (Å²) >= 11 is 0. The highest BCUT2D eigenvalue weighted by Gasteiger charge is 2.33. The summed E-state index contributed by atoms with van der Waals surface area (Å²) in [6, 6.07) is 8.03. The van der Waals surface area contributed by atoms with Gasteiger partial charge >= 0.3 is 0 Å². The Morgan fingerprint density at radius 1 is 1.26 bits per heavy atom. The third-order valence-electron chi connectivity index (χ3n) is 3.98. The molecule has 2 rings (SSSR count). The molecule has 1 amide bonds. The molecule has 0 saturated carbocycles. The zero-order valence-corrected chi connectivity index (χ0v) is 12.0. The molecule has 1 fully saturated rings. The molecule has 0 bridgehead atoms. The zero-order valence-electron chi connectivity index (χ0n) is 12.0. The molecular formula is C15H23N3O. The first-order chi connectivity index (χ1) is 8.95. The number of nitrogens with zero attached hydrogens (tertiary/aromatic N) is 2. The SMILES string of the molecule is Cc1ccccc1N1CCN(C(C)(C)CN)CC1=O. The number of carbonyl (C=O) groups excluding carboxylic acids is 1. The molecule has 1 aromatic rings. The van der Waals surface area contributed by atoms with Crippen molar-refractivity contribution in [3.05, 3.63) is 29.8 Å². The van der Waals surface area contributed by atoms with Gasteiger partial charge in [-0.05, 0) is 32.4 Å². The van der Waals surface area contributed by atoms with Crippen LogP contribution >= 0.6 is 0 Å². The standard InChI is InChI=1S/C15H23N3O/c1-12-6-4-5-7-13(12)18-9-8-17(10-14(18)19)15(2,3)11-16/h4-7H,8-11,16H2,1-3H3. The van der Waals surface area contributed by atoms with Crippen LogP contribution < -0.4 is 10.6 Å². The van der Waals surface area contributed by atoms with Crippen molar-refractivity contribution in [1.29, 1.82) is 0 Å². The maximum absolute atomic E-state index is 12.4. The first-order valence-corrected chi connectivity index (χ1v) is 6.77. The number of aryl methyl sites for hydroxylation is 1. The number of benzene rings is 1. The molecule has 0 spiro atoms. The third-order valence-corrected chi connectivity index (χ3v) is 3.98. The maximum atomic E-state index is 12.4. The van der Waals surface area contributed by atoms with E-state index in [1.807, 2.05) is 36.1 Å². The Kier molecular flexibility index (Phi) is 3.92. The summed E-state index contributed by atoms with van der Waals surface area (Å²) in [6.07, 6.45) is 0. The van der Waals surface area contributed by atoms with E-state index in [0.717, 1.165) is 24.3 Å². The highest BCUT2D eigenvalue weighted by atomic mass is 16.2. The van der Waals surface area contributed by atoms with E-state index < -0.39 is 0 Å². The van der Waals surface area contributed by atoms with E-state index >= 15 is 0 Å². The molecule has 1 aliphatic rings. The van der Waals surface area contributed by atoms with E-state index in [4.69, 9.17) is 5.73 Å². The van der Waals surface area contributed by atoms with Gasteiger partial charge in [0.2, 0.25) is 5.91 Å². The fourth-order valence-corrected chi connectivity index (χ4v) is 2.44. The van der Waals surface area contributed by atoms with Gasteiger partial charge < -0.3 is 10.6 Å². The lowest BCUT2D eigenvalue weighted by Crippen LogP contribution is -2.59. The molecule has 0 unspecified atom stereocenters. The van der Waals surface area contributed by atoms with Gasteiger partial charge in [-0.1, -0.05) is 18.2 Å². The molecule has 0 atom stereocenters. The zero-order chi connectivity index (χ0) is 14.0. The second-order valence-electron chi connectivity index (χ2n) is 5.77. The van der Waals surface area contributed by atoms with E-state index in [-0.39, 0.29) is 11.4 Å². The van der Waals surface area contributed by atoms with Gasteiger partial charge in [0.05, 0.1) is 6.54 Å². The van der Waals surface area contributed by atoms with Crippen LogP contribution in [0.2, 0.25) is 0 Å². The molecule has 4 heteroatoms. The van der Waals surface area contributed by atoms with Crippen molar-refractivity contribution in [2.24, 2.45) is 5.73 Å². The first-order valence-electron chi connectivity index (χ1n) is 6.77. The van der Waals surface area contributed by atoms with Crippen LogP contribution in [0.25, 0.3) is 0 Å². The fraction of sp³-hybridized carbons (Fsp3) is 0.533. The molecular weight excluding hydrogens is 238 g/mol. The number of carbonyl (C=O) groups is 1. The Bertz CT molecular complexity index is 470. The van der Waals surface area contributed by atoms with Crippen molar-refractivity contribution < 1.29 is 4.79 Å². The number of amides is 1. The number of piperazine rings is 1. The van der Waals surface area contributed by atoms with Crippen molar-refractivity contribution in [2.45, 2.75) is 26.3 Å². The van der Waals surface area contributed by atoms with E-state index in [1.54, 1.807) is 0 Å². The lowest BCUT2D eigenvalue weighted by Gasteiger charge is -2.43. The molecule has 104 valence electrons. The van der Waals surface area contributed by atoms with Gasteiger partial charge in [-0.3, -0.25) is 9.69 Å². The quantitative estimate of drug-likeness (QED) is 0.894. The highest BCUT2D eigenvalue weighted by molar-refractivity contribution is 5.96. The Morgan fingerprint density at radius 3 is 2.53 bits per heavy atom. The monoisotopic (exact) mass is 261 g/mol. The van der Waals surface area contributed by atoms with Gasteiger partial charge in [0.15, 0.2) is 0 Å². The predicted molar refractivity (Wildman–Crippen MR) is 78.2 cm³/mol. The van der Waals surface area contributed by atoms with Crippen molar-refractivity contribution >= 4 is 11.6 Å². The van der Waals surface area contributed by atoms with Crippen LogP contribution in [0, 0.1) is 6.92 Å². The average Bonchev–Trinajstić information content (AvgIpc) is 2.39. The highest BCUT2D eigenvalue weighted by Crippen LogP contribution is 2.24. The number of hydrogen-bond donors (Lipinski definition) is 1. The predicted octanol–water partition coefficient (Wildman–Crippen LogP) is 1.38. The summed E-state index contributed by atoms with van der Waals surface area (Å²) in [5.74, 6) is 0.155. The van der Waals surface area contributed by atoms with Gasteiger partial charge in [0, 0.05) is 30.9 Å². The van der Waals surface area contributed by atoms with Gasteiger partial charge in [-0.25, -0.2) is 0 Å². The van der Waals surface area contributed by atoms with Crippen molar-refractivity contribution in [1.82, 2.24) is 4.90 Å². The van der Waals surface area contributed by atoms with Crippen molar-refractivity contribution in [3.63, 3.8) is 0 Å². The van der Waals surface area contributed by atoms with E-state index in [1.165, 1.54) is 0 Å². The van der Waals surface area contributed by atoms with Crippen LogP contribution in [0.5, 0.6) is 0 Å². The molecule has 1 heterocycles. The lowest BCUT2D eigenvalue weighted by atomic mass is 10.0. The second-order valence-corrected chi connectivity index (χ2v) is 5.77. The fourth-order valence-electron chi connectivity index (χ4n) is 2.44. The summed E-state index contributed by atoms with van der Waals surface area (Å²) in [5, 5.41) is 0. The summed E-state index contributed by atoms with van der Waals surface area (Å²) in [5.41, 5.74) is 7.84. The Balaban J connectivity index is 2.14. The van der Waals surface area contributed by atoms with Crippen LogP contribution in [-0.4, -0.2) is 42.5 Å². The summed E-state index contributed by atoms with van der Waals surface area (Å²) in [6.45, 7) is 8.81. The van der Waals surface area contributed by atoms with Crippen molar-refractivity contribution in [2.75, 3.05) is 31.1 Å². The molecule has 0 radical (unpaired) electrons. The molecule has 1 aliphatic heterocycles. The Morgan fingerprint density at radius 2 is 1.95 bits per heavy atom. The Labute approximate surface area is 115 Å². The van der Waals surface area contributed by atoms with E-state index in [9.17, 15) is 4.79 Å². The summed E-state index contributed by atoms with van der Waals surface area (Å²) in [7, 11) is 0. The van der Waals surface area contributed by atoms with Crippen LogP contribution in [0.4, 0.5) is 5.69 Å². The lowest BCUT2D eigenvalue weighted by molar-refractivity contribution is -0.123. The van der Waals surface area contributed by atoms with Gasteiger partial charge in [-0.2, -0.15) is 0 Å². The molecule has 1 aromatic carbocycles. The van der Waals surface area contributed by atoms with Crippen LogP contribution in [0.15, 0.2) is 24.3 Å². The second kappa shape index (κ2) is 5.31. The van der Waals surface area contributed by atoms with Crippen LogP contribution in [-0.2, 0) is 4.79 Å². The molecule has 1 saturated heterocycles. The summed E-state index contributed by atoms with van der Waals surface area (Å²) in [4.78, 5) is 16.4.